The third-order valence-electron chi connectivity index (χ3n) is 2.81. The number of methoxy groups -OCH3 is 1. The molecule has 0 amide bonds. The molecule has 2 N–H and O–H groups in total. The van der Waals surface area contributed by atoms with E-state index in [4.69, 9.17) is 26.9 Å². The molecule has 0 aliphatic carbocycles. The van der Waals surface area contributed by atoms with E-state index < -0.39 is 0 Å². The molecule has 0 atom stereocenters. The lowest BCUT2D eigenvalue weighted by molar-refractivity contribution is 0.295. The Morgan fingerprint density at radius 1 is 1.24 bits per heavy atom. The molecule has 0 bridgehead atoms. The van der Waals surface area contributed by atoms with Crippen LogP contribution in [-0.4, -0.2) is 13.3 Å². The molecule has 21 heavy (non-hydrogen) atoms. The number of nitrogens with zero attached hydrogens (tertiary/aromatic N) is 1. The van der Waals surface area contributed by atoms with Crippen LogP contribution in [0.3, 0.4) is 0 Å². The summed E-state index contributed by atoms with van der Waals surface area (Å²) in [4.78, 5) is 0. The summed E-state index contributed by atoms with van der Waals surface area (Å²) in [6.07, 6.45) is 1.57. The highest BCUT2D eigenvalue weighted by Crippen LogP contribution is 2.29. The van der Waals surface area contributed by atoms with E-state index in [9.17, 15) is 0 Å². The number of ether oxygens (including phenoxy) is 2. The van der Waals surface area contributed by atoms with Crippen molar-refractivity contribution in [2.24, 2.45) is 10.9 Å². The summed E-state index contributed by atoms with van der Waals surface area (Å²) in [6.45, 7) is 0.357. The molecule has 6 heteroatoms. The van der Waals surface area contributed by atoms with Crippen molar-refractivity contribution in [3.63, 3.8) is 0 Å². The highest BCUT2D eigenvalue weighted by Gasteiger charge is 2.07. The molecule has 0 aliphatic heterocycles. The lowest BCUT2D eigenvalue weighted by Gasteiger charge is -2.12. The molecule has 0 heterocycles. The molecule has 0 aromatic heterocycles. The van der Waals surface area contributed by atoms with Gasteiger partial charge in [0.25, 0.3) is 0 Å². The number of rotatable bonds is 5. The maximum atomic E-state index is 5.91. The van der Waals surface area contributed by atoms with Gasteiger partial charge in [0.15, 0.2) is 0 Å². The first-order chi connectivity index (χ1) is 10.1. The first-order valence-corrected chi connectivity index (χ1v) is 7.29. The molecular weight excluding hydrogens is 356 g/mol. The third kappa shape index (κ3) is 4.12. The van der Waals surface area contributed by atoms with Crippen LogP contribution < -0.4 is 15.3 Å². The molecule has 0 fully saturated rings. The normalized spacial score (nSPS) is 10.8. The molecule has 4 nitrogen and oxygen atoms in total. The molecule has 0 unspecified atom stereocenters. The van der Waals surface area contributed by atoms with Gasteiger partial charge in [-0.15, -0.1) is 0 Å². The molecule has 2 aromatic rings. The summed E-state index contributed by atoms with van der Waals surface area (Å²) in [5.74, 6) is 6.62. The van der Waals surface area contributed by atoms with Crippen LogP contribution in [0.15, 0.2) is 46.0 Å². The van der Waals surface area contributed by atoms with Crippen LogP contribution in [-0.2, 0) is 6.61 Å². The van der Waals surface area contributed by atoms with Crippen LogP contribution in [0.1, 0.15) is 11.1 Å². The van der Waals surface area contributed by atoms with Gasteiger partial charge in [-0.2, -0.15) is 5.10 Å². The van der Waals surface area contributed by atoms with E-state index in [1.165, 1.54) is 0 Å². The first kappa shape index (κ1) is 15.7. The van der Waals surface area contributed by atoms with Crippen molar-refractivity contribution in [2.75, 3.05) is 7.11 Å². The van der Waals surface area contributed by atoms with Crippen molar-refractivity contribution in [3.8, 4) is 11.5 Å². The third-order valence-corrected chi connectivity index (χ3v) is 3.66. The van der Waals surface area contributed by atoms with Crippen LogP contribution in [0.2, 0.25) is 5.02 Å². The lowest BCUT2D eigenvalue weighted by Crippen LogP contribution is -2.00. The largest absolute Gasteiger partial charge is 0.496 e. The average Bonchev–Trinajstić information content (AvgIpc) is 2.47. The number of halogens is 2. The van der Waals surface area contributed by atoms with Gasteiger partial charge in [0.1, 0.15) is 18.1 Å². The van der Waals surface area contributed by atoms with Crippen LogP contribution >= 0.6 is 27.5 Å². The fourth-order valence-corrected chi connectivity index (χ4v) is 2.62. The second kappa shape index (κ2) is 7.33. The topological polar surface area (TPSA) is 56.8 Å². The second-order valence-electron chi connectivity index (χ2n) is 4.21. The van der Waals surface area contributed by atoms with Gasteiger partial charge in [-0.25, -0.2) is 0 Å². The molecular formula is C15H14BrClN2O2. The van der Waals surface area contributed by atoms with Gasteiger partial charge in [-0.3, -0.25) is 0 Å². The fraction of sp³-hybridized carbons (Fsp3) is 0.133. The zero-order valence-electron chi connectivity index (χ0n) is 11.3. The summed E-state index contributed by atoms with van der Waals surface area (Å²) in [5.41, 5.74) is 1.78. The molecule has 0 saturated heterocycles. The van der Waals surface area contributed by atoms with Gasteiger partial charge in [-0.1, -0.05) is 11.6 Å². The summed E-state index contributed by atoms with van der Waals surface area (Å²) >= 11 is 9.32. The number of hydrogen-bond donors (Lipinski definition) is 1. The van der Waals surface area contributed by atoms with E-state index >= 15 is 0 Å². The minimum atomic E-state index is 0.357. The first-order valence-electron chi connectivity index (χ1n) is 6.12. The number of hydrogen-bond acceptors (Lipinski definition) is 4. The van der Waals surface area contributed by atoms with Crippen molar-refractivity contribution in [3.05, 3.63) is 57.0 Å². The Morgan fingerprint density at radius 2 is 2.00 bits per heavy atom. The molecule has 0 saturated carbocycles. The second-order valence-corrected chi connectivity index (χ2v) is 5.50. The maximum absolute atomic E-state index is 5.91. The van der Waals surface area contributed by atoms with E-state index in [0.717, 1.165) is 21.3 Å². The quantitative estimate of drug-likeness (QED) is 0.493. The smallest absolute Gasteiger partial charge is 0.134 e. The number of benzene rings is 2. The summed E-state index contributed by atoms with van der Waals surface area (Å²) in [5, 5.41) is 4.16. The van der Waals surface area contributed by atoms with E-state index in [1.807, 2.05) is 24.3 Å². The highest BCUT2D eigenvalue weighted by molar-refractivity contribution is 9.10. The van der Waals surface area contributed by atoms with Crippen molar-refractivity contribution in [1.82, 2.24) is 0 Å². The van der Waals surface area contributed by atoms with Crippen molar-refractivity contribution >= 4 is 33.7 Å². The van der Waals surface area contributed by atoms with Gasteiger partial charge in [0.05, 0.1) is 17.8 Å². The Hall–Kier alpha value is -1.72. The van der Waals surface area contributed by atoms with Gasteiger partial charge < -0.3 is 15.3 Å². The molecule has 0 aliphatic rings. The number of nitrogens with two attached hydrogens (primary N) is 1. The van der Waals surface area contributed by atoms with E-state index in [-0.39, 0.29) is 0 Å². The molecule has 110 valence electrons. The predicted molar refractivity (Wildman–Crippen MR) is 88.3 cm³/mol. The number of hydrazone groups is 1. The zero-order chi connectivity index (χ0) is 15.2. The monoisotopic (exact) mass is 368 g/mol. The van der Waals surface area contributed by atoms with Gasteiger partial charge in [0, 0.05) is 10.6 Å². The summed E-state index contributed by atoms with van der Waals surface area (Å²) < 4.78 is 11.9. The van der Waals surface area contributed by atoms with E-state index in [0.29, 0.717) is 17.4 Å². The van der Waals surface area contributed by atoms with Gasteiger partial charge in [0.2, 0.25) is 0 Å². The highest BCUT2D eigenvalue weighted by atomic mass is 79.9. The van der Waals surface area contributed by atoms with Gasteiger partial charge in [-0.05, 0) is 57.9 Å². The van der Waals surface area contributed by atoms with Crippen molar-refractivity contribution in [1.29, 1.82) is 0 Å². The zero-order valence-corrected chi connectivity index (χ0v) is 13.7. The van der Waals surface area contributed by atoms with E-state index in [1.54, 1.807) is 25.5 Å². The predicted octanol–water partition coefficient (Wildman–Crippen LogP) is 3.98. The van der Waals surface area contributed by atoms with Crippen LogP contribution in [0, 0.1) is 0 Å². The maximum Gasteiger partial charge on any atom is 0.134 e. The standard InChI is InChI=1S/C15H14BrClN2O2/c1-20-14-4-2-10(8-19-18)6-11(14)9-21-15-5-3-12(17)7-13(15)16/h2-8H,9,18H2,1H3. The van der Waals surface area contributed by atoms with Crippen LogP contribution in [0.25, 0.3) is 0 Å². The minimum Gasteiger partial charge on any atom is -0.496 e. The Bertz CT molecular complexity index is 662. The minimum absolute atomic E-state index is 0.357. The molecule has 2 rings (SSSR count). The Kier molecular flexibility index (Phi) is 5.47. The molecule has 0 radical (unpaired) electrons. The van der Waals surface area contributed by atoms with Crippen LogP contribution in [0.4, 0.5) is 0 Å². The Labute approximate surface area is 136 Å². The SMILES string of the molecule is COc1ccc(C=NN)cc1COc1ccc(Cl)cc1Br. The van der Waals surface area contributed by atoms with Crippen LogP contribution in [0.5, 0.6) is 11.5 Å². The summed E-state index contributed by atoms with van der Waals surface area (Å²) in [7, 11) is 1.62. The van der Waals surface area contributed by atoms with Gasteiger partial charge >= 0.3 is 0 Å². The fourth-order valence-electron chi connectivity index (χ4n) is 1.83. The van der Waals surface area contributed by atoms with Crippen molar-refractivity contribution < 1.29 is 9.47 Å². The lowest BCUT2D eigenvalue weighted by atomic mass is 10.1. The Balaban J connectivity index is 2.20. The Morgan fingerprint density at radius 3 is 2.67 bits per heavy atom. The average molecular weight is 370 g/mol. The molecule has 0 spiro atoms. The van der Waals surface area contributed by atoms with Crippen molar-refractivity contribution in [2.45, 2.75) is 6.61 Å². The molecule has 2 aromatic carbocycles. The summed E-state index contributed by atoms with van der Waals surface area (Å²) in [6, 6.07) is 11.0. The van der Waals surface area contributed by atoms with E-state index in [2.05, 4.69) is 21.0 Å².